The molecular weight excluding hydrogens is 370 g/mol. The zero-order valence-corrected chi connectivity index (χ0v) is 16.4. The maximum Gasteiger partial charge on any atom is 0.269 e. The van der Waals surface area contributed by atoms with Gasteiger partial charge in [0.15, 0.2) is 0 Å². The molecule has 0 bridgehead atoms. The number of hydrogen-bond donors (Lipinski definition) is 1. The lowest BCUT2D eigenvalue weighted by molar-refractivity contribution is -0.384. The van der Waals surface area contributed by atoms with E-state index in [2.05, 4.69) is 5.32 Å². The molecule has 1 heterocycles. The molecule has 2 rings (SSSR count). The number of carbonyl (C=O) groups is 2. The Morgan fingerprint density at radius 2 is 2.07 bits per heavy atom. The Morgan fingerprint density at radius 3 is 2.67 bits per heavy atom. The van der Waals surface area contributed by atoms with E-state index >= 15 is 0 Å². The van der Waals surface area contributed by atoms with Crippen molar-refractivity contribution in [3.63, 3.8) is 0 Å². The van der Waals surface area contributed by atoms with E-state index in [0.29, 0.717) is 44.0 Å². The molecule has 1 aromatic rings. The number of aryl methyl sites for hydroxylation is 1. The average Bonchev–Trinajstić information content (AvgIpc) is 2.66. The highest BCUT2D eigenvalue weighted by atomic mass is 32.2. The van der Waals surface area contributed by atoms with Gasteiger partial charge in [-0.05, 0) is 25.0 Å². The van der Waals surface area contributed by atoms with Crippen LogP contribution in [0.5, 0.6) is 0 Å². The third-order valence-corrected chi connectivity index (χ3v) is 5.56. The maximum absolute atomic E-state index is 12.7. The summed E-state index contributed by atoms with van der Waals surface area (Å²) < 4.78 is 5.25. The van der Waals surface area contributed by atoms with Crippen LogP contribution in [0, 0.1) is 17.0 Å². The van der Waals surface area contributed by atoms with E-state index in [9.17, 15) is 19.7 Å². The molecule has 1 unspecified atom stereocenters. The van der Waals surface area contributed by atoms with Crippen LogP contribution in [0.3, 0.4) is 0 Å². The third-order valence-electron chi connectivity index (χ3n) is 4.29. The molecule has 1 aliphatic rings. The maximum atomic E-state index is 12.7. The van der Waals surface area contributed by atoms with Gasteiger partial charge < -0.3 is 15.0 Å². The molecule has 0 saturated carbocycles. The zero-order valence-electron chi connectivity index (χ0n) is 15.6. The number of nitrogens with one attached hydrogen (secondary N) is 1. The van der Waals surface area contributed by atoms with Crippen LogP contribution in [-0.2, 0) is 14.3 Å². The Balaban J connectivity index is 1.95. The smallest absolute Gasteiger partial charge is 0.269 e. The summed E-state index contributed by atoms with van der Waals surface area (Å²) in [6.45, 7) is 5.98. The summed E-state index contributed by atoms with van der Waals surface area (Å²) in [7, 11) is 0. The number of hydrogen-bond acceptors (Lipinski definition) is 6. The van der Waals surface area contributed by atoms with E-state index in [4.69, 9.17) is 4.74 Å². The van der Waals surface area contributed by atoms with E-state index in [1.165, 1.54) is 30.0 Å². The highest BCUT2D eigenvalue weighted by Crippen LogP contribution is 2.24. The van der Waals surface area contributed by atoms with Crippen LogP contribution in [0.15, 0.2) is 18.2 Å². The summed E-state index contributed by atoms with van der Waals surface area (Å²) in [6.07, 6.45) is 1.47. The van der Waals surface area contributed by atoms with E-state index in [-0.39, 0.29) is 28.5 Å². The summed E-state index contributed by atoms with van der Waals surface area (Å²) in [4.78, 5) is 37.1. The molecule has 8 nitrogen and oxygen atoms in total. The number of amides is 2. The first-order valence-corrected chi connectivity index (χ1v) is 10.00. The molecule has 1 N–H and O–H groups in total. The van der Waals surface area contributed by atoms with Gasteiger partial charge in [0.1, 0.15) is 0 Å². The van der Waals surface area contributed by atoms with Gasteiger partial charge in [-0.1, -0.05) is 13.3 Å². The number of benzene rings is 1. The number of anilines is 1. The molecule has 148 valence electrons. The van der Waals surface area contributed by atoms with Crippen molar-refractivity contribution < 1.29 is 19.2 Å². The zero-order chi connectivity index (χ0) is 19.8. The normalized spacial score (nSPS) is 15.3. The van der Waals surface area contributed by atoms with E-state index in [1.807, 2.05) is 6.92 Å². The minimum Gasteiger partial charge on any atom is -0.378 e. The van der Waals surface area contributed by atoms with Crippen molar-refractivity contribution in [2.45, 2.75) is 31.9 Å². The highest BCUT2D eigenvalue weighted by Gasteiger charge is 2.23. The van der Waals surface area contributed by atoms with Crippen LogP contribution in [-0.4, -0.2) is 58.9 Å². The Labute approximate surface area is 162 Å². The first-order valence-electron chi connectivity index (χ1n) is 8.95. The van der Waals surface area contributed by atoms with Gasteiger partial charge >= 0.3 is 0 Å². The van der Waals surface area contributed by atoms with Gasteiger partial charge in [-0.2, -0.15) is 0 Å². The number of nitrogens with zero attached hydrogens (tertiary/aromatic N) is 2. The van der Waals surface area contributed by atoms with Crippen molar-refractivity contribution in [1.29, 1.82) is 0 Å². The van der Waals surface area contributed by atoms with E-state index in [0.717, 1.165) is 6.42 Å². The number of rotatable bonds is 8. The van der Waals surface area contributed by atoms with Crippen LogP contribution in [0.25, 0.3) is 0 Å². The summed E-state index contributed by atoms with van der Waals surface area (Å²) >= 11 is 1.34. The van der Waals surface area contributed by atoms with Gasteiger partial charge in [0.2, 0.25) is 11.8 Å². The summed E-state index contributed by atoms with van der Waals surface area (Å²) in [5.74, 6) is 0.0782. The van der Waals surface area contributed by atoms with Crippen molar-refractivity contribution in [1.82, 2.24) is 4.90 Å². The monoisotopic (exact) mass is 395 g/mol. The van der Waals surface area contributed by atoms with Crippen LogP contribution in [0.4, 0.5) is 11.4 Å². The average molecular weight is 395 g/mol. The van der Waals surface area contributed by atoms with Gasteiger partial charge in [-0.3, -0.25) is 19.7 Å². The predicted molar refractivity (Wildman–Crippen MR) is 105 cm³/mol. The number of carbonyl (C=O) groups excluding carboxylic acids is 2. The van der Waals surface area contributed by atoms with Gasteiger partial charge in [-0.25, -0.2) is 0 Å². The summed E-state index contributed by atoms with van der Waals surface area (Å²) in [5.41, 5.74) is 1.16. The summed E-state index contributed by atoms with van der Waals surface area (Å²) in [5, 5.41) is 13.3. The molecule has 9 heteroatoms. The van der Waals surface area contributed by atoms with Gasteiger partial charge in [0.05, 0.1) is 29.1 Å². The van der Waals surface area contributed by atoms with E-state index in [1.54, 1.807) is 11.8 Å². The lowest BCUT2D eigenvalue weighted by Crippen LogP contribution is -2.42. The highest BCUT2D eigenvalue weighted by molar-refractivity contribution is 8.01. The number of thioether (sulfide) groups is 1. The molecule has 27 heavy (non-hydrogen) atoms. The van der Waals surface area contributed by atoms with Crippen molar-refractivity contribution in [3.8, 4) is 0 Å². The minimum absolute atomic E-state index is 0.0129. The van der Waals surface area contributed by atoms with Crippen LogP contribution >= 0.6 is 11.8 Å². The van der Waals surface area contributed by atoms with Crippen molar-refractivity contribution >= 4 is 35.0 Å². The molecule has 0 spiro atoms. The Morgan fingerprint density at radius 1 is 1.37 bits per heavy atom. The molecule has 1 aliphatic heterocycles. The lowest BCUT2D eigenvalue weighted by Gasteiger charge is -2.27. The topological polar surface area (TPSA) is 102 Å². The molecule has 2 amide bonds. The van der Waals surface area contributed by atoms with Crippen molar-refractivity contribution in [2.24, 2.45) is 0 Å². The second-order valence-electron chi connectivity index (χ2n) is 6.33. The first-order chi connectivity index (χ1) is 12.9. The van der Waals surface area contributed by atoms with Crippen LogP contribution < -0.4 is 5.32 Å². The fourth-order valence-corrected chi connectivity index (χ4v) is 3.88. The second-order valence-corrected chi connectivity index (χ2v) is 7.52. The molecule has 1 saturated heterocycles. The van der Waals surface area contributed by atoms with Crippen molar-refractivity contribution in [3.05, 3.63) is 33.9 Å². The SMILES string of the molecule is CCCC(SCC(=O)N1CCOCC1)C(=O)Nc1ccc([N+](=O)[O-])cc1C. The largest absolute Gasteiger partial charge is 0.378 e. The van der Waals surface area contributed by atoms with Gasteiger partial charge in [0, 0.05) is 30.9 Å². The number of nitro groups is 1. The standard InChI is InChI=1S/C18H25N3O5S/c1-3-4-16(27-12-17(22)20-7-9-26-10-8-20)18(23)19-15-6-5-14(21(24)25)11-13(15)2/h5-6,11,16H,3-4,7-10,12H2,1-2H3,(H,19,23). The molecule has 0 radical (unpaired) electrons. The fraction of sp³-hybridized carbons (Fsp3) is 0.556. The molecule has 0 aliphatic carbocycles. The molecule has 1 atom stereocenters. The number of nitro benzene ring substituents is 1. The molecule has 1 aromatic carbocycles. The minimum atomic E-state index is -0.467. The van der Waals surface area contributed by atoms with Gasteiger partial charge in [0.25, 0.3) is 5.69 Å². The number of ether oxygens (including phenoxy) is 1. The fourth-order valence-electron chi connectivity index (χ4n) is 2.74. The van der Waals surface area contributed by atoms with Crippen LogP contribution in [0.2, 0.25) is 0 Å². The summed E-state index contributed by atoms with van der Waals surface area (Å²) in [6, 6.07) is 4.34. The van der Waals surface area contributed by atoms with E-state index < -0.39 is 4.92 Å². The quantitative estimate of drug-likeness (QED) is 0.536. The molecule has 0 aromatic heterocycles. The Hall–Kier alpha value is -2.13. The Bertz CT molecular complexity index is 692. The van der Waals surface area contributed by atoms with Crippen molar-refractivity contribution in [2.75, 3.05) is 37.4 Å². The Kier molecular flexibility index (Phi) is 8.05. The third kappa shape index (κ3) is 6.21. The molecule has 1 fully saturated rings. The second kappa shape index (κ2) is 10.3. The predicted octanol–water partition coefficient (Wildman–Crippen LogP) is 2.60. The lowest BCUT2D eigenvalue weighted by atomic mass is 10.1. The number of morpholine rings is 1. The first kappa shape index (κ1) is 21.2. The van der Waals surface area contributed by atoms with Crippen LogP contribution in [0.1, 0.15) is 25.3 Å². The van der Waals surface area contributed by atoms with Gasteiger partial charge in [-0.15, -0.1) is 11.8 Å². The number of non-ortho nitro benzene ring substituents is 1. The molecular formula is C18H25N3O5S.